The number of carbonyl (C=O) groups excluding carboxylic acids is 1. The van der Waals surface area contributed by atoms with Gasteiger partial charge in [-0.25, -0.2) is 0 Å². The Morgan fingerprint density at radius 1 is 1.22 bits per heavy atom. The number of hydrogen-bond donors (Lipinski definition) is 1. The first-order valence-electron chi connectivity index (χ1n) is 9.21. The van der Waals surface area contributed by atoms with Crippen molar-refractivity contribution in [3.63, 3.8) is 0 Å². The van der Waals surface area contributed by atoms with E-state index >= 15 is 0 Å². The molecule has 0 aromatic heterocycles. The quantitative estimate of drug-likeness (QED) is 0.690. The van der Waals surface area contributed by atoms with E-state index in [1.807, 2.05) is 32.0 Å². The topological polar surface area (TPSA) is 41.6 Å². The van der Waals surface area contributed by atoms with E-state index in [9.17, 15) is 4.79 Å². The number of rotatable bonds is 6. The van der Waals surface area contributed by atoms with Crippen molar-refractivity contribution in [2.75, 3.05) is 25.0 Å². The summed E-state index contributed by atoms with van der Waals surface area (Å²) in [6, 6.07) is 12.0. The van der Waals surface area contributed by atoms with Crippen LogP contribution in [0.2, 0.25) is 10.0 Å². The fraction of sp³-hybridized carbons (Fsp3) is 0.381. The number of nitrogens with zero attached hydrogens (tertiary/aromatic N) is 1. The van der Waals surface area contributed by atoms with Gasteiger partial charge in [-0.3, -0.25) is 9.69 Å². The molecule has 0 spiro atoms. The Balaban J connectivity index is 1.67. The molecule has 1 saturated heterocycles. The van der Waals surface area contributed by atoms with Crippen LogP contribution in [0.5, 0.6) is 5.75 Å². The van der Waals surface area contributed by atoms with Gasteiger partial charge in [0.1, 0.15) is 5.75 Å². The minimum absolute atomic E-state index is 0.109. The van der Waals surface area contributed by atoms with E-state index in [4.69, 9.17) is 27.9 Å². The highest BCUT2D eigenvalue weighted by Crippen LogP contribution is 2.34. The summed E-state index contributed by atoms with van der Waals surface area (Å²) >= 11 is 12.5. The van der Waals surface area contributed by atoms with Crippen molar-refractivity contribution in [2.24, 2.45) is 0 Å². The van der Waals surface area contributed by atoms with Crippen molar-refractivity contribution >= 4 is 34.8 Å². The molecule has 2 aromatic rings. The maximum Gasteiger partial charge on any atom is 0.238 e. The molecule has 1 fully saturated rings. The van der Waals surface area contributed by atoms with E-state index in [1.54, 1.807) is 6.07 Å². The lowest BCUT2D eigenvalue weighted by atomic mass is 10.0. The number of anilines is 1. The van der Waals surface area contributed by atoms with Gasteiger partial charge >= 0.3 is 0 Å². The van der Waals surface area contributed by atoms with Gasteiger partial charge in [0, 0.05) is 6.04 Å². The van der Waals surface area contributed by atoms with Crippen LogP contribution in [-0.2, 0) is 4.79 Å². The first kappa shape index (κ1) is 20.0. The zero-order valence-electron chi connectivity index (χ0n) is 15.6. The number of aryl methyl sites for hydroxylation is 1. The average molecular weight is 407 g/mol. The van der Waals surface area contributed by atoms with E-state index in [2.05, 4.69) is 22.3 Å². The van der Waals surface area contributed by atoms with Crippen molar-refractivity contribution in [3.8, 4) is 5.75 Å². The molecular formula is C21H24Cl2N2O2. The Bertz CT molecular complexity index is 809. The van der Waals surface area contributed by atoms with Crippen LogP contribution in [0.3, 0.4) is 0 Å². The molecule has 2 aromatic carbocycles. The van der Waals surface area contributed by atoms with Crippen molar-refractivity contribution in [1.82, 2.24) is 4.90 Å². The van der Waals surface area contributed by atoms with Crippen molar-refractivity contribution < 1.29 is 9.53 Å². The lowest BCUT2D eigenvalue weighted by Gasteiger charge is -2.24. The SMILES string of the molecule is CCOc1ccc(C2CCCN2CC(=O)Nc2c(Cl)ccc(C)c2Cl)cc1. The molecule has 0 saturated carbocycles. The third kappa shape index (κ3) is 4.75. The summed E-state index contributed by atoms with van der Waals surface area (Å²) in [5.74, 6) is 0.759. The van der Waals surface area contributed by atoms with E-state index in [1.165, 1.54) is 5.56 Å². The smallest absolute Gasteiger partial charge is 0.238 e. The van der Waals surface area contributed by atoms with Gasteiger partial charge in [0.2, 0.25) is 5.91 Å². The number of likely N-dealkylation sites (tertiary alicyclic amines) is 1. The van der Waals surface area contributed by atoms with Crippen LogP contribution >= 0.6 is 23.2 Å². The van der Waals surface area contributed by atoms with Crippen LogP contribution in [0.4, 0.5) is 5.69 Å². The van der Waals surface area contributed by atoms with Crippen LogP contribution in [0.15, 0.2) is 36.4 Å². The van der Waals surface area contributed by atoms with E-state index in [-0.39, 0.29) is 11.9 Å². The maximum absolute atomic E-state index is 12.6. The lowest BCUT2D eigenvalue weighted by Crippen LogP contribution is -2.33. The van der Waals surface area contributed by atoms with Gasteiger partial charge in [-0.15, -0.1) is 0 Å². The predicted octanol–water partition coefficient (Wildman–Crippen LogP) is 5.48. The van der Waals surface area contributed by atoms with Gasteiger partial charge in [0.25, 0.3) is 0 Å². The number of halogens is 2. The molecule has 0 aliphatic carbocycles. The summed E-state index contributed by atoms with van der Waals surface area (Å²) in [6.45, 7) is 5.70. The largest absolute Gasteiger partial charge is 0.494 e. The minimum atomic E-state index is -0.109. The highest BCUT2D eigenvalue weighted by molar-refractivity contribution is 6.40. The fourth-order valence-electron chi connectivity index (χ4n) is 3.48. The van der Waals surface area contributed by atoms with Crippen molar-refractivity contribution in [1.29, 1.82) is 0 Å². The maximum atomic E-state index is 12.6. The summed E-state index contributed by atoms with van der Waals surface area (Å²) in [5.41, 5.74) is 2.57. The van der Waals surface area contributed by atoms with Gasteiger partial charge in [-0.05, 0) is 62.6 Å². The Morgan fingerprint density at radius 2 is 1.96 bits per heavy atom. The third-order valence-electron chi connectivity index (χ3n) is 4.83. The summed E-state index contributed by atoms with van der Waals surface area (Å²) < 4.78 is 5.51. The highest BCUT2D eigenvalue weighted by Gasteiger charge is 2.28. The van der Waals surface area contributed by atoms with E-state index in [0.717, 1.165) is 30.7 Å². The highest BCUT2D eigenvalue weighted by atomic mass is 35.5. The predicted molar refractivity (Wildman–Crippen MR) is 111 cm³/mol. The van der Waals surface area contributed by atoms with Crippen molar-refractivity contribution in [3.05, 3.63) is 57.6 Å². The second-order valence-electron chi connectivity index (χ2n) is 6.73. The molecule has 1 N–H and O–H groups in total. The molecule has 1 heterocycles. The Labute approximate surface area is 170 Å². The van der Waals surface area contributed by atoms with E-state index in [0.29, 0.717) is 28.9 Å². The van der Waals surface area contributed by atoms with E-state index < -0.39 is 0 Å². The molecule has 0 radical (unpaired) electrons. The molecule has 1 aliphatic heterocycles. The van der Waals surface area contributed by atoms with Gasteiger partial charge in [-0.1, -0.05) is 41.4 Å². The molecule has 4 nitrogen and oxygen atoms in total. The summed E-state index contributed by atoms with van der Waals surface area (Å²) in [4.78, 5) is 14.8. The minimum Gasteiger partial charge on any atom is -0.494 e. The normalized spacial score (nSPS) is 17.1. The molecule has 1 unspecified atom stereocenters. The standard InChI is InChI=1S/C21H24Cl2N2O2/c1-3-27-16-9-7-15(8-10-16)18-5-4-12-25(18)13-19(26)24-21-17(22)11-6-14(2)20(21)23/h6-11,18H,3-5,12-13H2,1-2H3,(H,24,26). The van der Waals surface area contributed by atoms with Gasteiger partial charge < -0.3 is 10.1 Å². The molecule has 144 valence electrons. The number of nitrogens with one attached hydrogen (secondary N) is 1. The summed E-state index contributed by atoms with van der Waals surface area (Å²) in [7, 11) is 0. The summed E-state index contributed by atoms with van der Waals surface area (Å²) in [5, 5.41) is 3.81. The van der Waals surface area contributed by atoms with Crippen molar-refractivity contribution in [2.45, 2.75) is 32.7 Å². The Hall–Kier alpha value is -1.75. The molecule has 27 heavy (non-hydrogen) atoms. The third-order valence-corrected chi connectivity index (χ3v) is 5.64. The monoisotopic (exact) mass is 406 g/mol. The molecule has 0 bridgehead atoms. The number of hydrogen-bond acceptors (Lipinski definition) is 3. The molecule has 6 heteroatoms. The average Bonchev–Trinajstić information content (AvgIpc) is 3.11. The first-order valence-corrected chi connectivity index (χ1v) is 9.96. The molecule has 1 atom stereocenters. The number of ether oxygens (including phenoxy) is 1. The van der Waals surface area contributed by atoms with Gasteiger partial charge in [-0.2, -0.15) is 0 Å². The number of amides is 1. The fourth-order valence-corrected chi connectivity index (χ4v) is 3.95. The molecule has 1 amide bonds. The zero-order chi connectivity index (χ0) is 19.4. The zero-order valence-corrected chi connectivity index (χ0v) is 17.1. The van der Waals surface area contributed by atoms with Crippen LogP contribution in [-0.4, -0.2) is 30.5 Å². The van der Waals surface area contributed by atoms with Gasteiger partial charge in [0.05, 0.1) is 28.9 Å². The lowest BCUT2D eigenvalue weighted by molar-refractivity contribution is -0.117. The second-order valence-corrected chi connectivity index (χ2v) is 7.52. The first-order chi connectivity index (χ1) is 13.0. The molecular weight excluding hydrogens is 383 g/mol. The second kappa shape index (κ2) is 8.96. The van der Waals surface area contributed by atoms with Crippen LogP contribution in [0.25, 0.3) is 0 Å². The Kier molecular flexibility index (Phi) is 6.64. The number of benzene rings is 2. The van der Waals surface area contributed by atoms with Crippen LogP contribution in [0, 0.1) is 6.92 Å². The summed E-state index contributed by atoms with van der Waals surface area (Å²) in [6.07, 6.45) is 2.10. The molecule has 1 aliphatic rings. The Morgan fingerprint density at radius 3 is 2.67 bits per heavy atom. The van der Waals surface area contributed by atoms with Gasteiger partial charge in [0.15, 0.2) is 0 Å². The number of carbonyl (C=O) groups is 1. The van der Waals surface area contributed by atoms with Crippen LogP contribution in [0.1, 0.15) is 36.9 Å². The molecule has 3 rings (SSSR count). The van der Waals surface area contributed by atoms with Crippen LogP contribution < -0.4 is 10.1 Å².